The fourth-order valence-electron chi connectivity index (χ4n) is 2.64. The van der Waals surface area contributed by atoms with Crippen molar-refractivity contribution < 1.29 is 4.79 Å². The lowest BCUT2D eigenvalue weighted by atomic mass is 9.92. The first-order valence-electron chi connectivity index (χ1n) is 6.21. The van der Waals surface area contributed by atoms with Crippen LogP contribution in [0.4, 0.5) is 0 Å². The van der Waals surface area contributed by atoms with E-state index in [1.165, 1.54) is 5.56 Å². The fourth-order valence-corrected chi connectivity index (χ4v) is 2.64. The zero-order valence-corrected chi connectivity index (χ0v) is 10.6. The molecule has 18 heavy (non-hydrogen) atoms. The molecule has 1 saturated heterocycles. The SMILES string of the molecule is Cc1cc(C)c(C=C2C(=O)NC3=CC=CCC32)[nH]1. The van der Waals surface area contributed by atoms with Crippen LogP contribution < -0.4 is 5.32 Å². The predicted octanol–water partition coefficient (Wildman–Crippen LogP) is 2.60. The first-order valence-corrected chi connectivity index (χ1v) is 6.21. The number of carbonyl (C=O) groups excluding carboxylic acids is 1. The van der Waals surface area contributed by atoms with Gasteiger partial charge < -0.3 is 10.3 Å². The maximum atomic E-state index is 12.0. The summed E-state index contributed by atoms with van der Waals surface area (Å²) in [7, 11) is 0. The van der Waals surface area contributed by atoms with Crippen LogP contribution in [0.1, 0.15) is 23.4 Å². The maximum Gasteiger partial charge on any atom is 0.252 e. The molecule has 0 bridgehead atoms. The molecule has 1 atom stereocenters. The highest BCUT2D eigenvalue weighted by atomic mass is 16.2. The number of aromatic nitrogens is 1. The summed E-state index contributed by atoms with van der Waals surface area (Å²) < 4.78 is 0. The summed E-state index contributed by atoms with van der Waals surface area (Å²) in [5, 5.41) is 2.94. The number of aryl methyl sites for hydroxylation is 2. The van der Waals surface area contributed by atoms with Crippen LogP contribution in [0.15, 0.2) is 35.6 Å². The van der Waals surface area contributed by atoms with E-state index in [9.17, 15) is 4.79 Å². The van der Waals surface area contributed by atoms with Crippen molar-refractivity contribution in [1.29, 1.82) is 0 Å². The predicted molar refractivity (Wildman–Crippen MR) is 71.7 cm³/mol. The Morgan fingerprint density at radius 1 is 1.39 bits per heavy atom. The van der Waals surface area contributed by atoms with E-state index in [1.807, 2.05) is 25.2 Å². The molecule has 0 radical (unpaired) electrons. The summed E-state index contributed by atoms with van der Waals surface area (Å²) in [5.74, 6) is 0.229. The fraction of sp³-hybridized carbons (Fsp3) is 0.267. The Morgan fingerprint density at radius 2 is 2.22 bits per heavy atom. The van der Waals surface area contributed by atoms with Crippen LogP contribution in [0.3, 0.4) is 0 Å². The highest BCUT2D eigenvalue weighted by Crippen LogP contribution is 2.33. The molecule has 1 aliphatic carbocycles. The van der Waals surface area contributed by atoms with E-state index in [4.69, 9.17) is 0 Å². The Balaban J connectivity index is 2.01. The number of hydrogen-bond acceptors (Lipinski definition) is 1. The molecule has 3 rings (SSSR count). The second kappa shape index (κ2) is 4.02. The maximum absolute atomic E-state index is 12.0. The molecule has 1 aliphatic heterocycles. The van der Waals surface area contributed by atoms with Crippen molar-refractivity contribution >= 4 is 12.0 Å². The van der Waals surface area contributed by atoms with Crippen molar-refractivity contribution in [2.24, 2.45) is 5.92 Å². The van der Waals surface area contributed by atoms with E-state index in [-0.39, 0.29) is 11.8 Å². The summed E-state index contributed by atoms with van der Waals surface area (Å²) >= 11 is 0. The molecule has 1 amide bonds. The molecule has 3 heteroatoms. The van der Waals surface area contributed by atoms with Gasteiger partial charge in [0, 0.05) is 28.6 Å². The highest BCUT2D eigenvalue weighted by molar-refractivity contribution is 6.03. The summed E-state index contributed by atoms with van der Waals surface area (Å²) in [5.41, 5.74) is 5.22. The molecule has 2 heterocycles. The van der Waals surface area contributed by atoms with Gasteiger partial charge in [-0.15, -0.1) is 0 Å². The topological polar surface area (TPSA) is 44.9 Å². The molecule has 0 aromatic carbocycles. The third-order valence-electron chi connectivity index (χ3n) is 3.54. The monoisotopic (exact) mass is 240 g/mol. The number of carbonyl (C=O) groups is 1. The molecule has 92 valence electrons. The average Bonchev–Trinajstić information content (AvgIpc) is 2.81. The minimum Gasteiger partial charge on any atom is -0.359 e. The number of rotatable bonds is 1. The van der Waals surface area contributed by atoms with Crippen LogP contribution in [0.2, 0.25) is 0 Å². The van der Waals surface area contributed by atoms with Gasteiger partial charge in [-0.05, 0) is 44.1 Å². The standard InChI is InChI=1S/C15H16N2O/c1-9-7-10(2)16-14(9)8-12-11-5-3-4-6-13(11)17-15(12)18/h3-4,6-8,11,16H,5H2,1-2H3,(H,17,18). The Bertz CT molecular complexity index is 602. The van der Waals surface area contributed by atoms with E-state index in [0.717, 1.165) is 29.1 Å². The zero-order valence-electron chi connectivity index (χ0n) is 10.6. The van der Waals surface area contributed by atoms with E-state index in [0.29, 0.717) is 0 Å². The Hall–Kier alpha value is -2.03. The molecular weight excluding hydrogens is 224 g/mol. The lowest BCUT2D eigenvalue weighted by Crippen LogP contribution is -2.13. The van der Waals surface area contributed by atoms with Gasteiger partial charge in [-0.2, -0.15) is 0 Å². The number of amides is 1. The number of fused-ring (bicyclic) bond motifs is 1. The largest absolute Gasteiger partial charge is 0.359 e. The molecule has 3 nitrogen and oxygen atoms in total. The van der Waals surface area contributed by atoms with Crippen molar-refractivity contribution in [2.45, 2.75) is 20.3 Å². The average molecular weight is 240 g/mol. The first-order chi connectivity index (χ1) is 8.65. The quantitative estimate of drug-likeness (QED) is 0.728. The molecule has 0 saturated carbocycles. The lowest BCUT2D eigenvalue weighted by Gasteiger charge is -2.11. The van der Waals surface area contributed by atoms with E-state index in [2.05, 4.69) is 29.4 Å². The van der Waals surface area contributed by atoms with Crippen molar-refractivity contribution in [3.05, 3.63) is 52.5 Å². The number of allylic oxidation sites excluding steroid dienone is 4. The van der Waals surface area contributed by atoms with Crippen LogP contribution in [-0.4, -0.2) is 10.9 Å². The van der Waals surface area contributed by atoms with Crippen LogP contribution in [0.25, 0.3) is 6.08 Å². The van der Waals surface area contributed by atoms with E-state index in [1.54, 1.807) is 0 Å². The molecule has 1 unspecified atom stereocenters. The molecule has 1 aromatic rings. The second-order valence-corrected chi connectivity index (χ2v) is 4.94. The summed E-state index contributed by atoms with van der Waals surface area (Å²) in [6, 6.07) is 2.09. The highest BCUT2D eigenvalue weighted by Gasteiger charge is 2.32. The van der Waals surface area contributed by atoms with Gasteiger partial charge in [-0.25, -0.2) is 0 Å². The molecule has 0 spiro atoms. The van der Waals surface area contributed by atoms with Gasteiger partial charge in [-0.3, -0.25) is 4.79 Å². The van der Waals surface area contributed by atoms with Gasteiger partial charge in [0.15, 0.2) is 0 Å². The molecule has 2 N–H and O–H groups in total. The lowest BCUT2D eigenvalue weighted by molar-refractivity contribution is -0.115. The second-order valence-electron chi connectivity index (χ2n) is 4.94. The normalized spacial score (nSPS) is 24.1. The van der Waals surface area contributed by atoms with Crippen molar-refractivity contribution in [3.63, 3.8) is 0 Å². The molecule has 2 aliphatic rings. The van der Waals surface area contributed by atoms with Crippen molar-refractivity contribution in [2.75, 3.05) is 0 Å². The van der Waals surface area contributed by atoms with E-state index < -0.39 is 0 Å². The number of hydrogen-bond donors (Lipinski definition) is 2. The van der Waals surface area contributed by atoms with Crippen LogP contribution in [0.5, 0.6) is 0 Å². The minimum absolute atomic E-state index is 0.0293. The van der Waals surface area contributed by atoms with Gasteiger partial charge in [0.25, 0.3) is 5.91 Å². The van der Waals surface area contributed by atoms with Gasteiger partial charge in [0.05, 0.1) is 0 Å². The third kappa shape index (κ3) is 1.72. The smallest absolute Gasteiger partial charge is 0.252 e. The summed E-state index contributed by atoms with van der Waals surface area (Å²) in [6.07, 6.45) is 8.98. The number of nitrogens with one attached hydrogen (secondary N) is 2. The van der Waals surface area contributed by atoms with E-state index >= 15 is 0 Å². The van der Waals surface area contributed by atoms with Crippen molar-refractivity contribution in [1.82, 2.24) is 10.3 Å². The Morgan fingerprint density at radius 3 is 2.94 bits per heavy atom. The summed E-state index contributed by atoms with van der Waals surface area (Å²) in [6.45, 7) is 4.08. The molecular formula is C15H16N2O. The molecule has 1 aromatic heterocycles. The minimum atomic E-state index is 0.0293. The Kier molecular flexibility index (Phi) is 2.47. The van der Waals surface area contributed by atoms with Crippen LogP contribution >= 0.6 is 0 Å². The van der Waals surface area contributed by atoms with Crippen molar-refractivity contribution in [3.8, 4) is 0 Å². The van der Waals surface area contributed by atoms with Gasteiger partial charge in [0.1, 0.15) is 0 Å². The van der Waals surface area contributed by atoms with Gasteiger partial charge in [-0.1, -0.05) is 12.2 Å². The van der Waals surface area contributed by atoms with Crippen LogP contribution in [0, 0.1) is 19.8 Å². The van der Waals surface area contributed by atoms with Gasteiger partial charge >= 0.3 is 0 Å². The summed E-state index contributed by atoms with van der Waals surface area (Å²) in [4.78, 5) is 15.3. The molecule has 1 fully saturated rings. The van der Waals surface area contributed by atoms with Gasteiger partial charge in [0.2, 0.25) is 0 Å². The first kappa shape index (κ1) is 11.1. The zero-order chi connectivity index (χ0) is 12.7. The van der Waals surface area contributed by atoms with Crippen LogP contribution in [-0.2, 0) is 4.79 Å². The third-order valence-corrected chi connectivity index (χ3v) is 3.54. The Labute approximate surface area is 106 Å². The number of H-pyrrole nitrogens is 1. The number of aromatic amines is 1.